The number of carbonyl (C=O) groups excluding carboxylic acids is 1. The third kappa shape index (κ3) is 6.28. The van der Waals surface area contributed by atoms with Crippen molar-refractivity contribution in [2.45, 2.75) is 44.4 Å². The monoisotopic (exact) mass is 458 g/mol. The molecular formula is C19H27FN4O6S. The molecule has 10 nitrogen and oxygen atoms in total. The first-order valence-corrected chi connectivity index (χ1v) is 10.5. The molecule has 31 heavy (non-hydrogen) atoms. The third-order valence-corrected chi connectivity index (χ3v) is 5.70. The summed E-state index contributed by atoms with van der Waals surface area (Å²) < 4.78 is 24.6. The predicted molar refractivity (Wildman–Crippen MR) is 114 cm³/mol. The highest BCUT2D eigenvalue weighted by Gasteiger charge is 2.49. The fourth-order valence-electron chi connectivity index (χ4n) is 3.43. The second kappa shape index (κ2) is 9.79. The van der Waals surface area contributed by atoms with Gasteiger partial charge in [0.25, 0.3) is 5.69 Å². The van der Waals surface area contributed by atoms with E-state index in [2.05, 4.69) is 9.73 Å². The van der Waals surface area contributed by atoms with Gasteiger partial charge in [0.15, 0.2) is 5.17 Å². The van der Waals surface area contributed by atoms with Gasteiger partial charge in [-0.2, -0.15) is 0 Å². The highest BCUT2D eigenvalue weighted by molar-refractivity contribution is 8.13. The van der Waals surface area contributed by atoms with Crippen molar-refractivity contribution in [1.82, 2.24) is 0 Å². The number of amidine groups is 1. The molecule has 5 N–H and O–H groups in total. The molecule has 0 radical (unpaired) electrons. The number of aliphatic imine (C=N–C) groups is 1. The van der Waals surface area contributed by atoms with Crippen LogP contribution in [0, 0.1) is 21.8 Å². The van der Waals surface area contributed by atoms with E-state index in [9.17, 15) is 24.4 Å². The number of nitrogens with zero attached hydrogens (tertiary/aromatic N) is 2. The lowest BCUT2D eigenvalue weighted by Gasteiger charge is -2.45. The molecule has 0 saturated carbocycles. The standard InChI is InChI=1S/C14H16FN3O4S.C5H11NO2/c15-12-2-1-9(18(20)21)4-11(12)14-7-22-10(5-19)3-8(14)6-23-13(16)17-14;1-5(2,3)8-4(6)7/h1-2,4,8,10,19H,3,5-7H2,(H2,16,17);1-3H3,(H2,6,7)/t8-,10+,14-;/m0./s1. The Morgan fingerprint density at radius 3 is 2.71 bits per heavy atom. The number of hydrogen-bond acceptors (Lipinski definition) is 9. The van der Waals surface area contributed by atoms with E-state index >= 15 is 0 Å². The Balaban J connectivity index is 0.000000366. The van der Waals surface area contributed by atoms with Crippen molar-refractivity contribution >= 4 is 28.7 Å². The number of fused-ring (bicyclic) bond motifs is 1. The summed E-state index contributed by atoms with van der Waals surface area (Å²) in [7, 11) is 0. The third-order valence-electron chi connectivity index (χ3n) is 4.74. The van der Waals surface area contributed by atoms with Crippen molar-refractivity contribution in [1.29, 1.82) is 0 Å². The number of halogens is 1. The van der Waals surface area contributed by atoms with Gasteiger partial charge in [-0.05, 0) is 33.3 Å². The molecule has 1 saturated heterocycles. The molecule has 2 aliphatic rings. The second-order valence-corrected chi connectivity index (χ2v) is 9.23. The Labute approximate surface area is 183 Å². The van der Waals surface area contributed by atoms with E-state index in [-0.39, 0.29) is 36.5 Å². The number of nitrogens with two attached hydrogens (primary N) is 2. The first-order chi connectivity index (χ1) is 14.4. The molecule has 12 heteroatoms. The molecule has 0 aromatic heterocycles. The number of non-ortho nitro benzene ring substituents is 1. The molecule has 1 amide bonds. The summed E-state index contributed by atoms with van der Waals surface area (Å²) in [5.74, 6) is -0.102. The van der Waals surface area contributed by atoms with Crippen LogP contribution in [-0.2, 0) is 15.0 Å². The average molecular weight is 459 g/mol. The number of primary amides is 1. The van der Waals surface area contributed by atoms with Crippen molar-refractivity contribution in [3.8, 4) is 0 Å². The minimum absolute atomic E-state index is 0.0300. The number of benzene rings is 1. The molecule has 1 aromatic carbocycles. The van der Waals surface area contributed by atoms with Gasteiger partial charge < -0.3 is 26.0 Å². The van der Waals surface area contributed by atoms with Gasteiger partial charge >= 0.3 is 6.09 Å². The first-order valence-electron chi connectivity index (χ1n) is 9.51. The van der Waals surface area contributed by atoms with Crippen LogP contribution < -0.4 is 11.5 Å². The maximum atomic E-state index is 14.4. The van der Waals surface area contributed by atoms with Gasteiger partial charge in [0.05, 0.1) is 24.2 Å². The zero-order chi connectivity index (χ0) is 23.4. The van der Waals surface area contributed by atoms with Crippen molar-refractivity contribution < 1.29 is 28.7 Å². The lowest BCUT2D eigenvalue weighted by Crippen LogP contribution is -2.51. The zero-order valence-electron chi connectivity index (χ0n) is 17.5. The summed E-state index contributed by atoms with van der Waals surface area (Å²) in [5.41, 5.74) is 8.93. The Hall–Kier alpha value is -2.44. The van der Waals surface area contributed by atoms with Crippen molar-refractivity contribution in [3.05, 3.63) is 39.7 Å². The van der Waals surface area contributed by atoms with Gasteiger partial charge in [0.2, 0.25) is 0 Å². The number of aliphatic hydroxyl groups excluding tert-OH is 1. The number of amides is 1. The molecule has 0 unspecified atom stereocenters. The zero-order valence-corrected chi connectivity index (χ0v) is 18.4. The smallest absolute Gasteiger partial charge is 0.405 e. The van der Waals surface area contributed by atoms with Crippen LogP contribution in [0.15, 0.2) is 23.2 Å². The summed E-state index contributed by atoms with van der Waals surface area (Å²) >= 11 is 1.36. The number of carbonyl (C=O) groups is 1. The molecule has 2 aliphatic heterocycles. The number of ether oxygens (including phenoxy) is 2. The lowest BCUT2D eigenvalue weighted by molar-refractivity contribution is -0.385. The molecule has 0 aliphatic carbocycles. The normalized spacial score (nSPS) is 25.4. The Bertz CT molecular complexity index is 862. The number of aliphatic hydroxyl groups is 1. The number of nitro benzene ring substituents is 1. The van der Waals surface area contributed by atoms with E-state index in [4.69, 9.17) is 16.2 Å². The van der Waals surface area contributed by atoms with Crippen molar-refractivity contribution in [2.75, 3.05) is 19.0 Å². The van der Waals surface area contributed by atoms with Crippen LogP contribution in [0.5, 0.6) is 0 Å². The van der Waals surface area contributed by atoms with E-state index in [1.807, 2.05) is 0 Å². The van der Waals surface area contributed by atoms with Crippen LogP contribution in [0.25, 0.3) is 0 Å². The van der Waals surface area contributed by atoms with Crippen LogP contribution in [-0.4, -0.2) is 52.0 Å². The van der Waals surface area contributed by atoms with Gasteiger partial charge in [0, 0.05) is 29.4 Å². The van der Waals surface area contributed by atoms with Crippen LogP contribution in [0.4, 0.5) is 14.9 Å². The van der Waals surface area contributed by atoms with Gasteiger partial charge in [-0.3, -0.25) is 10.1 Å². The van der Waals surface area contributed by atoms with Gasteiger partial charge in [-0.15, -0.1) is 0 Å². The van der Waals surface area contributed by atoms with Crippen LogP contribution in [0.2, 0.25) is 0 Å². The number of thioether (sulfide) groups is 1. The van der Waals surface area contributed by atoms with Crippen molar-refractivity contribution in [2.24, 2.45) is 22.4 Å². The maximum Gasteiger partial charge on any atom is 0.405 e. The van der Waals surface area contributed by atoms with Gasteiger partial charge in [0.1, 0.15) is 17.0 Å². The number of rotatable bonds is 3. The molecule has 0 spiro atoms. The molecule has 0 bridgehead atoms. The highest BCUT2D eigenvalue weighted by Crippen LogP contribution is 2.47. The van der Waals surface area contributed by atoms with Gasteiger partial charge in [-0.1, -0.05) is 11.8 Å². The molecule has 1 aromatic rings. The average Bonchev–Trinajstić information content (AvgIpc) is 2.66. The summed E-state index contributed by atoms with van der Waals surface area (Å²) in [5, 5.41) is 20.6. The maximum absolute atomic E-state index is 14.4. The summed E-state index contributed by atoms with van der Waals surface area (Å²) in [6, 6.07) is 3.40. The minimum Gasteiger partial charge on any atom is -0.444 e. The van der Waals surface area contributed by atoms with E-state index in [1.165, 1.54) is 17.8 Å². The van der Waals surface area contributed by atoms with Crippen molar-refractivity contribution in [3.63, 3.8) is 0 Å². The van der Waals surface area contributed by atoms with Crippen LogP contribution in [0.1, 0.15) is 32.8 Å². The lowest BCUT2D eigenvalue weighted by atomic mass is 9.75. The quantitative estimate of drug-likeness (QED) is 0.459. The van der Waals surface area contributed by atoms with Crippen LogP contribution in [0.3, 0.4) is 0 Å². The fraction of sp³-hybridized carbons (Fsp3) is 0.579. The summed E-state index contributed by atoms with van der Waals surface area (Å²) in [6.07, 6.45) is -0.579. The molecule has 1 fully saturated rings. The van der Waals surface area contributed by atoms with Gasteiger partial charge in [-0.25, -0.2) is 14.2 Å². The van der Waals surface area contributed by atoms with Crippen LogP contribution >= 0.6 is 11.8 Å². The molecule has 3 rings (SSSR count). The fourth-order valence-corrected chi connectivity index (χ4v) is 4.44. The summed E-state index contributed by atoms with van der Waals surface area (Å²) in [4.78, 5) is 24.9. The van der Waals surface area contributed by atoms with E-state index in [0.29, 0.717) is 17.3 Å². The number of hydrogen-bond donors (Lipinski definition) is 3. The van der Waals surface area contributed by atoms with E-state index in [0.717, 1.165) is 12.1 Å². The number of nitro groups is 1. The van der Waals surface area contributed by atoms with E-state index < -0.39 is 28.0 Å². The topological polar surface area (TPSA) is 163 Å². The minimum atomic E-state index is -1.09. The molecule has 3 atom stereocenters. The SMILES string of the molecule is CC(C)(C)OC(N)=O.NC1=N[C@@]2(c3cc([N+](=O)[O-])ccc3F)CO[C@@H](CO)C[C@H]2CS1. The summed E-state index contributed by atoms with van der Waals surface area (Å²) in [6.45, 7) is 5.18. The largest absolute Gasteiger partial charge is 0.444 e. The Morgan fingerprint density at radius 2 is 2.19 bits per heavy atom. The van der Waals surface area contributed by atoms with E-state index in [1.54, 1.807) is 20.8 Å². The molecular weight excluding hydrogens is 431 g/mol. The highest BCUT2D eigenvalue weighted by atomic mass is 32.2. The molecule has 2 heterocycles. The first kappa shape index (κ1) is 24.8. The predicted octanol–water partition coefficient (Wildman–Crippen LogP) is 2.27. The Morgan fingerprint density at radius 1 is 1.52 bits per heavy atom. The Kier molecular flexibility index (Phi) is 7.84. The molecule has 172 valence electrons. The second-order valence-electron chi connectivity index (χ2n) is 8.19.